The van der Waals surface area contributed by atoms with E-state index in [0.717, 1.165) is 0 Å². The SMILES string of the molecule is CC(C)C(N)=O.CC(C)C(N)=O.O.O. The number of carbonyl (C=O) groups is 2. The van der Waals surface area contributed by atoms with Crippen LogP contribution in [0.2, 0.25) is 0 Å². The van der Waals surface area contributed by atoms with Crippen molar-refractivity contribution in [1.29, 1.82) is 0 Å². The highest BCUT2D eigenvalue weighted by Gasteiger charge is 1.96. The maximum Gasteiger partial charge on any atom is 0.219 e. The average Bonchev–Trinajstić information content (AvgIpc) is 1.88. The molecule has 2 amide bonds. The Morgan fingerprint density at radius 1 is 0.786 bits per heavy atom. The summed E-state index contributed by atoms with van der Waals surface area (Å²) in [5.41, 5.74) is 9.59. The Morgan fingerprint density at radius 2 is 0.857 bits per heavy atom. The van der Waals surface area contributed by atoms with E-state index in [4.69, 9.17) is 11.5 Å². The number of nitrogens with two attached hydrogens (primary N) is 2. The third-order valence-corrected chi connectivity index (χ3v) is 1.14. The quantitative estimate of drug-likeness (QED) is 0.576. The van der Waals surface area contributed by atoms with Gasteiger partial charge in [-0.05, 0) is 0 Å². The molecule has 0 fully saturated rings. The summed E-state index contributed by atoms with van der Waals surface area (Å²) < 4.78 is 0. The number of primary amides is 2. The van der Waals surface area contributed by atoms with Gasteiger partial charge in [0.25, 0.3) is 0 Å². The van der Waals surface area contributed by atoms with Gasteiger partial charge in [0.05, 0.1) is 0 Å². The molecule has 0 unspecified atom stereocenters. The molecule has 0 aromatic carbocycles. The van der Waals surface area contributed by atoms with Crippen LogP contribution < -0.4 is 11.5 Å². The van der Waals surface area contributed by atoms with Crippen LogP contribution in [0.15, 0.2) is 0 Å². The Hall–Kier alpha value is -1.14. The van der Waals surface area contributed by atoms with Gasteiger partial charge in [0, 0.05) is 11.8 Å². The molecule has 88 valence electrons. The molecule has 0 aliphatic heterocycles. The summed E-state index contributed by atoms with van der Waals surface area (Å²) in [6.45, 7) is 7.06. The minimum absolute atomic E-state index is 0. The first kappa shape index (κ1) is 23.0. The average molecular weight is 210 g/mol. The summed E-state index contributed by atoms with van der Waals surface area (Å²) in [7, 11) is 0. The van der Waals surface area contributed by atoms with Gasteiger partial charge in [0.2, 0.25) is 11.8 Å². The molecule has 0 aliphatic carbocycles. The van der Waals surface area contributed by atoms with Gasteiger partial charge in [-0.1, -0.05) is 27.7 Å². The molecule has 0 saturated heterocycles. The molecular formula is C8H22N2O4. The van der Waals surface area contributed by atoms with Crippen LogP contribution >= 0.6 is 0 Å². The summed E-state index contributed by atoms with van der Waals surface area (Å²) in [5.74, 6) is -0.500. The van der Waals surface area contributed by atoms with Gasteiger partial charge in [0.15, 0.2) is 0 Å². The molecule has 8 N–H and O–H groups in total. The molecular weight excluding hydrogens is 188 g/mol. The molecule has 0 rings (SSSR count). The zero-order valence-electron chi connectivity index (χ0n) is 9.13. The predicted molar refractivity (Wildman–Crippen MR) is 55.3 cm³/mol. The van der Waals surface area contributed by atoms with Crippen LogP contribution in [0.1, 0.15) is 27.7 Å². The van der Waals surface area contributed by atoms with Crippen LogP contribution in [0.3, 0.4) is 0 Å². The minimum atomic E-state index is -0.241. The van der Waals surface area contributed by atoms with Crippen LogP contribution in [-0.4, -0.2) is 22.8 Å². The van der Waals surface area contributed by atoms with Gasteiger partial charge in [-0.2, -0.15) is 0 Å². The topological polar surface area (TPSA) is 149 Å². The van der Waals surface area contributed by atoms with E-state index in [9.17, 15) is 9.59 Å². The largest absolute Gasteiger partial charge is 0.412 e. The van der Waals surface area contributed by atoms with Crippen molar-refractivity contribution in [3.8, 4) is 0 Å². The number of amides is 2. The molecule has 0 aromatic rings. The Bertz CT molecular complexity index is 139. The molecule has 0 aromatic heterocycles. The summed E-state index contributed by atoms with van der Waals surface area (Å²) in [4.78, 5) is 19.8. The molecule has 0 spiro atoms. The van der Waals surface area contributed by atoms with Crippen molar-refractivity contribution in [3.05, 3.63) is 0 Å². The molecule has 0 atom stereocenters. The molecule has 0 radical (unpaired) electrons. The number of carbonyl (C=O) groups excluding carboxylic acids is 2. The lowest BCUT2D eigenvalue weighted by Gasteiger charge is -1.90. The molecule has 14 heavy (non-hydrogen) atoms. The lowest BCUT2D eigenvalue weighted by atomic mass is 10.2. The fraction of sp³-hybridized carbons (Fsp3) is 0.750. The first-order valence-electron chi connectivity index (χ1n) is 3.87. The maximum absolute atomic E-state index is 9.92. The third kappa shape index (κ3) is 22.4. The van der Waals surface area contributed by atoms with E-state index in [1.54, 1.807) is 27.7 Å². The van der Waals surface area contributed by atoms with E-state index in [0.29, 0.717) is 0 Å². The molecule has 0 aliphatic rings. The van der Waals surface area contributed by atoms with Crippen LogP contribution in [0.5, 0.6) is 0 Å². The summed E-state index contributed by atoms with van der Waals surface area (Å²) in [5, 5.41) is 0. The van der Waals surface area contributed by atoms with Gasteiger partial charge in [-0.3, -0.25) is 9.59 Å². The fourth-order valence-corrected chi connectivity index (χ4v) is 0. The normalized spacial score (nSPS) is 7.86. The first-order valence-corrected chi connectivity index (χ1v) is 3.87. The highest BCUT2D eigenvalue weighted by Crippen LogP contribution is 1.85. The Balaban J connectivity index is -0.0000000625. The van der Waals surface area contributed by atoms with E-state index in [2.05, 4.69) is 0 Å². The van der Waals surface area contributed by atoms with E-state index in [1.807, 2.05) is 0 Å². The lowest BCUT2D eigenvalue weighted by Crippen LogP contribution is -2.17. The summed E-state index contributed by atoms with van der Waals surface area (Å²) >= 11 is 0. The smallest absolute Gasteiger partial charge is 0.219 e. The fourth-order valence-electron chi connectivity index (χ4n) is 0. The van der Waals surface area contributed by atoms with E-state index in [1.165, 1.54) is 0 Å². The van der Waals surface area contributed by atoms with Crippen molar-refractivity contribution < 1.29 is 20.5 Å². The second kappa shape index (κ2) is 11.9. The van der Waals surface area contributed by atoms with Crippen molar-refractivity contribution in [2.45, 2.75) is 27.7 Å². The molecule has 6 nitrogen and oxygen atoms in total. The van der Waals surface area contributed by atoms with Gasteiger partial charge in [-0.15, -0.1) is 0 Å². The molecule has 0 bridgehead atoms. The second-order valence-corrected chi connectivity index (χ2v) is 3.11. The zero-order valence-corrected chi connectivity index (χ0v) is 9.13. The van der Waals surface area contributed by atoms with Gasteiger partial charge in [-0.25, -0.2) is 0 Å². The van der Waals surface area contributed by atoms with Crippen molar-refractivity contribution in [3.63, 3.8) is 0 Å². The molecule has 6 heteroatoms. The Labute approximate surface area is 84.3 Å². The highest BCUT2D eigenvalue weighted by atomic mass is 16.1. The van der Waals surface area contributed by atoms with Crippen LogP contribution in [0.4, 0.5) is 0 Å². The van der Waals surface area contributed by atoms with E-state index >= 15 is 0 Å². The van der Waals surface area contributed by atoms with Crippen LogP contribution in [-0.2, 0) is 9.59 Å². The Kier molecular flexibility index (Phi) is 19.5. The third-order valence-electron chi connectivity index (χ3n) is 1.14. The van der Waals surface area contributed by atoms with Crippen molar-refractivity contribution in [2.75, 3.05) is 0 Å². The molecule has 0 heterocycles. The monoisotopic (exact) mass is 210 g/mol. The van der Waals surface area contributed by atoms with Crippen LogP contribution in [0.25, 0.3) is 0 Å². The molecule has 0 saturated carbocycles. The lowest BCUT2D eigenvalue weighted by molar-refractivity contribution is -0.121. The Morgan fingerprint density at radius 3 is 0.857 bits per heavy atom. The second-order valence-electron chi connectivity index (χ2n) is 3.11. The van der Waals surface area contributed by atoms with Crippen molar-refractivity contribution in [1.82, 2.24) is 0 Å². The number of rotatable bonds is 2. The van der Waals surface area contributed by atoms with Gasteiger partial charge < -0.3 is 22.4 Å². The van der Waals surface area contributed by atoms with Crippen LogP contribution in [0, 0.1) is 11.8 Å². The van der Waals surface area contributed by atoms with E-state index in [-0.39, 0.29) is 34.6 Å². The van der Waals surface area contributed by atoms with Crippen molar-refractivity contribution >= 4 is 11.8 Å². The summed E-state index contributed by atoms with van der Waals surface area (Å²) in [6.07, 6.45) is 0. The number of hydrogen-bond acceptors (Lipinski definition) is 2. The first-order chi connectivity index (χ1) is 5.29. The highest BCUT2D eigenvalue weighted by molar-refractivity contribution is 5.75. The van der Waals surface area contributed by atoms with Gasteiger partial charge >= 0.3 is 0 Å². The number of hydrogen-bond donors (Lipinski definition) is 2. The maximum atomic E-state index is 9.92. The predicted octanol–water partition coefficient (Wildman–Crippen LogP) is -1.39. The van der Waals surface area contributed by atoms with Gasteiger partial charge in [0.1, 0.15) is 0 Å². The van der Waals surface area contributed by atoms with E-state index < -0.39 is 0 Å². The zero-order chi connectivity index (χ0) is 10.3. The minimum Gasteiger partial charge on any atom is -0.412 e. The standard InChI is InChI=1S/2C4H9NO.2H2O/c2*1-3(2)4(5)6;;/h2*3H,1-2H3,(H2,5,6);2*1H2. The summed E-state index contributed by atoms with van der Waals surface area (Å²) in [6, 6.07) is 0. The van der Waals surface area contributed by atoms with Crippen molar-refractivity contribution in [2.24, 2.45) is 23.3 Å².